The monoisotopic (exact) mass is 152 g/mol. The summed E-state index contributed by atoms with van der Waals surface area (Å²) in [6.07, 6.45) is 0. The molecule has 60 valence electrons. The number of nitrogens with zero attached hydrogens (tertiary/aromatic N) is 3. The van der Waals surface area contributed by atoms with E-state index in [4.69, 9.17) is 0 Å². The highest BCUT2D eigenvalue weighted by Gasteiger charge is 1.95. The second kappa shape index (κ2) is 3.18. The highest BCUT2D eigenvalue weighted by atomic mass is 15.3. The molecule has 4 heteroatoms. The predicted molar refractivity (Wildman–Crippen MR) is 45.9 cm³/mol. The molecule has 11 heavy (non-hydrogen) atoms. The zero-order valence-corrected chi connectivity index (χ0v) is 7.00. The van der Waals surface area contributed by atoms with Crippen LogP contribution in [0.1, 0.15) is 0 Å². The first-order valence-electron chi connectivity index (χ1n) is 3.43. The van der Waals surface area contributed by atoms with Gasteiger partial charge in [0.1, 0.15) is 5.82 Å². The van der Waals surface area contributed by atoms with Crippen LogP contribution >= 0.6 is 0 Å². The molecule has 0 saturated carbocycles. The number of aromatic nitrogens is 2. The maximum absolute atomic E-state index is 3.96. The van der Waals surface area contributed by atoms with Gasteiger partial charge in [-0.3, -0.25) is 0 Å². The average molecular weight is 152 g/mol. The van der Waals surface area contributed by atoms with Gasteiger partial charge in [-0.05, 0) is 12.1 Å². The Bertz CT molecular complexity index is 216. The minimum atomic E-state index is 0.788. The molecule has 0 atom stereocenters. The average Bonchev–Trinajstić information content (AvgIpc) is 2.05. The molecule has 1 rings (SSSR count). The molecule has 4 nitrogen and oxygen atoms in total. The van der Waals surface area contributed by atoms with Crippen molar-refractivity contribution in [2.24, 2.45) is 0 Å². The molecule has 0 unspecified atom stereocenters. The minimum Gasteiger partial charge on any atom is -0.372 e. The number of hydrogen-bond acceptors (Lipinski definition) is 4. The van der Waals surface area contributed by atoms with Crippen LogP contribution in [-0.2, 0) is 0 Å². The van der Waals surface area contributed by atoms with Gasteiger partial charge >= 0.3 is 0 Å². The third-order valence-electron chi connectivity index (χ3n) is 1.36. The van der Waals surface area contributed by atoms with Gasteiger partial charge in [-0.25, -0.2) is 0 Å². The Hall–Kier alpha value is -1.32. The van der Waals surface area contributed by atoms with E-state index in [0.29, 0.717) is 0 Å². The van der Waals surface area contributed by atoms with E-state index in [1.165, 1.54) is 0 Å². The van der Waals surface area contributed by atoms with E-state index in [-0.39, 0.29) is 0 Å². The third kappa shape index (κ3) is 1.80. The summed E-state index contributed by atoms with van der Waals surface area (Å²) in [4.78, 5) is 1.91. The van der Waals surface area contributed by atoms with Crippen LogP contribution in [0.5, 0.6) is 0 Å². The zero-order chi connectivity index (χ0) is 8.27. The topological polar surface area (TPSA) is 41.0 Å². The Morgan fingerprint density at radius 3 is 2.36 bits per heavy atom. The van der Waals surface area contributed by atoms with Gasteiger partial charge in [-0.1, -0.05) is 0 Å². The van der Waals surface area contributed by atoms with Gasteiger partial charge < -0.3 is 10.2 Å². The molecule has 0 spiro atoms. The van der Waals surface area contributed by atoms with E-state index < -0.39 is 0 Å². The standard InChI is InChI=1S/C7H12N4/c1-8-6-4-5-7(10-9-6)11(2)3/h4-5H,1-3H3,(H,8,9). The Morgan fingerprint density at radius 2 is 2.00 bits per heavy atom. The largest absolute Gasteiger partial charge is 0.372 e. The molecule has 0 aliphatic carbocycles. The zero-order valence-electron chi connectivity index (χ0n) is 7.00. The summed E-state index contributed by atoms with van der Waals surface area (Å²) in [6, 6.07) is 3.81. The second-order valence-electron chi connectivity index (χ2n) is 2.42. The fourth-order valence-corrected chi connectivity index (χ4v) is 0.697. The summed E-state index contributed by atoms with van der Waals surface area (Å²) in [5, 5.41) is 10.8. The summed E-state index contributed by atoms with van der Waals surface area (Å²) < 4.78 is 0. The predicted octanol–water partition coefficient (Wildman–Crippen LogP) is 0.584. The van der Waals surface area contributed by atoms with E-state index in [9.17, 15) is 0 Å². The van der Waals surface area contributed by atoms with Gasteiger partial charge in [-0.2, -0.15) is 0 Å². The fraction of sp³-hybridized carbons (Fsp3) is 0.429. The van der Waals surface area contributed by atoms with Crippen LogP contribution in [0.25, 0.3) is 0 Å². The fourth-order valence-electron chi connectivity index (χ4n) is 0.697. The van der Waals surface area contributed by atoms with Crippen LogP contribution in [0.15, 0.2) is 12.1 Å². The number of anilines is 2. The van der Waals surface area contributed by atoms with E-state index in [1.807, 2.05) is 38.2 Å². The maximum atomic E-state index is 3.96. The van der Waals surface area contributed by atoms with Crippen molar-refractivity contribution in [3.8, 4) is 0 Å². The second-order valence-corrected chi connectivity index (χ2v) is 2.42. The Labute approximate surface area is 66.2 Å². The summed E-state index contributed by atoms with van der Waals surface area (Å²) >= 11 is 0. The molecule has 1 aromatic rings. The molecule has 0 amide bonds. The molecule has 0 bridgehead atoms. The molecule has 1 N–H and O–H groups in total. The molecule has 1 aromatic heterocycles. The smallest absolute Gasteiger partial charge is 0.150 e. The van der Waals surface area contributed by atoms with Crippen LogP contribution in [0.3, 0.4) is 0 Å². The first-order valence-corrected chi connectivity index (χ1v) is 3.43. The SMILES string of the molecule is CNc1ccc(N(C)C)nn1. The quantitative estimate of drug-likeness (QED) is 0.673. The molecular weight excluding hydrogens is 140 g/mol. The first-order chi connectivity index (χ1) is 5.24. The molecule has 1 heterocycles. The van der Waals surface area contributed by atoms with Crippen molar-refractivity contribution in [2.75, 3.05) is 31.4 Å². The highest BCUT2D eigenvalue weighted by Crippen LogP contribution is 2.06. The molecule has 0 aliphatic heterocycles. The number of nitrogens with one attached hydrogen (secondary N) is 1. The minimum absolute atomic E-state index is 0.788. The van der Waals surface area contributed by atoms with Gasteiger partial charge in [0.25, 0.3) is 0 Å². The van der Waals surface area contributed by atoms with E-state index in [0.717, 1.165) is 11.6 Å². The van der Waals surface area contributed by atoms with Crippen molar-refractivity contribution >= 4 is 11.6 Å². The van der Waals surface area contributed by atoms with Crippen LogP contribution in [0.2, 0.25) is 0 Å². The van der Waals surface area contributed by atoms with E-state index in [1.54, 1.807) is 0 Å². The lowest BCUT2D eigenvalue weighted by Gasteiger charge is -2.09. The van der Waals surface area contributed by atoms with E-state index >= 15 is 0 Å². The van der Waals surface area contributed by atoms with Gasteiger partial charge in [0.05, 0.1) is 0 Å². The lowest BCUT2D eigenvalue weighted by atomic mass is 10.5. The lowest BCUT2D eigenvalue weighted by molar-refractivity contribution is 0.966. The molecule has 0 radical (unpaired) electrons. The van der Waals surface area contributed by atoms with Gasteiger partial charge in [0.2, 0.25) is 0 Å². The van der Waals surface area contributed by atoms with Crippen LogP contribution in [0, 0.1) is 0 Å². The maximum Gasteiger partial charge on any atom is 0.150 e. The summed E-state index contributed by atoms with van der Waals surface area (Å²) in [5.74, 6) is 1.65. The number of rotatable bonds is 2. The normalized spacial score (nSPS) is 9.36. The molecule has 0 aliphatic rings. The van der Waals surface area contributed by atoms with Crippen molar-refractivity contribution in [2.45, 2.75) is 0 Å². The summed E-state index contributed by atoms with van der Waals surface area (Å²) in [5.41, 5.74) is 0. The lowest BCUT2D eigenvalue weighted by Crippen LogP contribution is -2.11. The number of hydrogen-bond donors (Lipinski definition) is 1. The molecule has 0 fully saturated rings. The van der Waals surface area contributed by atoms with Crippen molar-refractivity contribution < 1.29 is 0 Å². The molecular formula is C7H12N4. The summed E-state index contributed by atoms with van der Waals surface area (Å²) in [6.45, 7) is 0. The Balaban J connectivity index is 2.83. The molecule has 0 saturated heterocycles. The van der Waals surface area contributed by atoms with Crippen LogP contribution in [-0.4, -0.2) is 31.3 Å². The van der Waals surface area contributed by atoms with Crippen molar-refractivity contribution in [3.63, 3.8) is 0 Å². The van der Waals surface area contributed by atoms with Crippen LogP contribution in [0.4, 0.5) is 11.6 Å². The summed E-state index contributed by atoms with van der Waals surface area (Å²) in [7, 11) is 5.69. The van der Waals surface area contributed by atoms with Gasteiger partial charge in [0.15, 0.2) is 5.82 Å². The van der Waals surface area contributed by atoms with Gasteiger partial charge in [-0.15, -0.1) is 10.2 Å². The Morgan fingerprint density at radius 1 is 1.27 bits per heavy atom. The van der Waals surface area contributed by atoms with Crippen molar-refractivity contribution in [1.82, 2.24) is 10.2 Å². The van der Waals surface area contributed by atoms with Crippen molar-refractivity contribution in [3.05, 3.63) is 12.1 Å². The third-order valence-corrected chi connectivity index (χ3v) is 1.36. The van der Waals surface area contributed by atoms with Crippen molar-refractivity contribution in [1.29, 1.82) is 0 Å². The first kappa shape index (κ1) is 7.78. The Kier molecular flexibility index (Phi) is 2.25. The highest BCUT2D eigenvalue weighted by molar-refractivity contribution is 5.41. The van der Waals surface area contributed by atoms with E-state index in [2.05, 4.69) is 15.5 Å². The van der Waals surface area contributed by atoms with Crippen LogP contribution < -0.4 is 10.2 Å². The van der Waals surface area contributed by atoms with Gasteiger partial charge in [0, 0.05) is 21.1 Å². The molecule has 0 aromatic carbocycles.